The molecule has 5 rings (SSSR count). The van der Waals surface area contributed by atoms with Crippen molar-refractivity contribution in [3.05, 3.63) is 60.3 Å². The van der Waals surface area contributed by atoms with Gasteiger partial charge in [0.1, 0.15) is 17.3 Å². The Bertz CT molecular complexity index is 1520. The molecule has 11 heteroatoms. The topological polar surface area (TPSA) is 100.0 Å². The van der Waals surface area contributed by atoms with Gasteiger partial charge in [-0.05, 0) is 57.6 Å². The maximum absolute atomic E-state index is 15.2. The molecule has 1 fully saturated rings. The first-order valence-electron chi connectivity index (χ1n) is 13.1. The van der Waals surface area contributed by atoms with E-state index in [2.05, 4.69) is 20.3 Å². The van der Waals surface area contributed by atoms with Crippen molar-refractivity contribution in [2.75, 3.05) is 46.3 Å². The van der Waals surface area contributed by atoms with Gasteiger partial charge in [0.05, 0.1) is 44.3 Å². The SMILES string of the molecule is CCOc1cnn(C2CCCN(C)C2)c1C(=O)Nc1ccc(Oc2ccnc3cc(OC)c(OC)cc23)cc1F. The molecule has 1 unspecified atom stereocenters. The number of ether oxygens (including phenoxy) is 4. The van der Waals surface area contributed by atoms with Gasteiger partial charge in [-0.25, -0.2) is 4.39 Å². The Labute approximate surface area is 231 Å². The Hall–Kier alpha value is -4.38. The number of carbonyl (C=O) groups excluding carboxylic acids is 1. The van der Waals surface area contributed by atoms with Gasteiger partial charge in [-0.1, -0.05) is 0 Å². The van der Waals surface area contributed by atoms with E-state index in [1.807, 2.05) is 14.0 Å². The van der Waals surface area contributed by atoms with E-state index in [1.165, 1.54) is 12.1 Å². The van der Waals surface area contributed by atoms with Gasteiger partial charge < -0.3 is 29.2 Å². The fourth-order valence-electron chi connectivity index (χ4n) is 4.94. The number of hydrogen-bond acceptors (Lipinski definition) is 8. The number of piperidine rings is 1. The molecule has 0 saturated carbocycles. The highest BCUT2D eigenvalue weighted by atomic mass is 19.1. The van der Waals surface area contributed by atoms with E-state index in [4.69, 9.17) is 18.9 Å². The monoisotopic (exact) mass is 549 g/mol. The predicted molar refractivity (Wildman–Crippen MR) is 148 cm³/mol. The van der Waals surface area contributed by atoms with Gasteiger partial charge in [-0.15, -0.1) is 0 Å². The van der Waals surface area contributed by atoms with Gasteiger partial charge >= 0.3 is 0 Å². The van der Waals surface area contributed by atoms with Crippen LogP contribution in [0.15, 0.2) is 48.8 Å². The second-order valence-electron chi connectivity index (χ2n) is 9.52. The minimum atomic E-state index is -0.648. The first kappa shape index (κ1) is 27.2. The van der Waals surface area contributed by atoms with Crippen LogP contribution in [0.25, 0.3) is 10.9 Å². The number of hydrogen-bond donors (Lipinski definition) is 1. The lowest BCUT2D eigenvalue weighted by Gasteiger charge is -2.30. The number of likely N-dealkylation sites (tertiary alicyclic amines) is 1. The predicted octanol–water partition coefficient (Wildman–Crippen LogP) is 5.30. The molecule has 10 nitrogen and oxygen atoms in total. The Balaban J connectivity index is 1.38. The van der Waals surface area contributed by atoms with Crippen LogP contribution in [0.2, 0.25) is 0 Å². The number of fused-ring (bicyclic) bond motifs is 1. The summed E-state index contributed by atoms with van der Waals surface area (Å²) in [5.74, 6) is 0.990. The van der Waals surface area contributed by atoms with Gasteiger partial charge in [0, 0.05) is 30.3 Å². The minimum absolute atomic E-state index is 0.0132. The minimum Gasteiger partial charge on any atom is -0.493 e. The lowest BCUT2D eigenvalue weighted by Crippen LogP contribution is -2.35. The van der Waals surface area contributed by atoms with Crippen LogP contribution in [0.5, 0.6) is 28.7 Å². The Kier molecular flexibility index (Phi) is 8.01. The molecule has 2 aromatic heterocycles. The molecule has 40 heavy (non-hydrogen) atoms. The number of nitrogens with zero attached hydrogens (tertiary/aromatic N) is 4. The average molecular weight is 550 g/mol. The Morgan fingerprint density at radius 3 is 2.62 bits per heavy atom. The van der Waals surface area contributed by atoms with E-state index in [9.17, 15) is 4.79 Å². The highest BCUT2D eigenvalue weighted by Gasteiger charge is 2.28. The standard InChI is InChI=1S/C29H32FN5O5/c1-5-39-27-16-32-35(18-7-6-12-34(2)17-18)28(27)29(36)33-22-9-8-19(13-21(22)30)40-24-10-11-31-23-15-26(38-4)25(37-3)14-20(23)24/h8-11,13-16,18H,5-7,12,17H2,1-4H3,(H,33,36). The molecule has 2 aromatic carbocycles. The van der Waals surface area contributed by atoms with E-state index in [-0.39, 0.29) is 23.2 Å². The van der Waals surface area contributed by atoms with E-state index in [0.29, 0.717) is 40.5 Å². The molecule has 4 aromatic rings. The summed E-state index contributed by atoms with van der Waals surface area (Å²) < 4.78 is 39.4. The molecule has 0 aliphatic carbocycles. The molecular formula is C29H32FN5O5. The van der Waals surface area contributed by atoms with Crippen molar-refractivity contribution in [2.24, 2.45) is 0 Å². The molecule has 0 spiro atoms. The van der Waals surface area contributed by atoms with Crippen LogP contribution in [0.1, 0.15) is 36.3 Å². The molecule has 210 valence electrons. The van der Waals surface area contributed by atoms with E-state index < -0.39 is 11.7 Å². The van der Waals surface area contributed by atoms with E-state index in [0.717, 1.165) is 25.9 Å². The van der Waals surface area contributed by atoms with Crippen LogP contribution in [0.4, 0.5) is 10.1 Å². The van der Waals surface area contributed by atoms with Crippen LogP contribution >= 0.6 is 0 Å². The number of carbonyl (C=O) groups is 1. The summed E-state index contributed by atoms with van der Waals surface area (Å²) in [5, 5.41) is 7.81. The van der Waals surface area contributed by atoms with Crippen LogP contribution in [-0.4, -0.2) is 66.5 Å². The summed E-state index contributed by atoms with van der Waals surface area (Å²) in [6.45, 7) is 3.97. The average Bonchev–Trinajstić information content (AvgIpc) is 3.38. The maximum Gasteiger partial charge on any atom is 0.277 e. The summed E-state index contributed by atoms with van der Waals surface area (Å²) in [5.41, 5.74) is 0.916. The summed E-state index contributed by atoms with van der Waals surface area (Å²) >= 11 is 0. The van der Waals surface area contributed by atoms with Crippen LogP contribution in [0, 0.1) is 5.82 Å². The number of benzene rings is 2. The van der Waals surface area contributed by atoms with Gasteiger partial charge in [0.25, 0.3) is 5.91 Å². The summed E-state index contributed by atoms with van der Waals surface area (Å²) in [4.78, 5) is 20.0. The molecule has 3 heterocycles. The Morgan fingerprint density at radius 2 is 1.90 bits per heavy atom. The van der Waals surface area contributed by atoms with Crippen molar-refractivity contribution in [1.82, 2.24) is 19.7 Å². The number of anilines is 1. The second kappa shape index (κ2) is 11.8. The fraction of sp³-hybridized carbons (Fsp3) is 0.345. The maximum atomic E-state index is 15.2. The van der Waals surface area contributed by atoms with E-state index >= 15 is 4.39 Å². The highest BCUT2D eigenvalue weighted by Crippen LogP contribution is 2.37. The van der Waals surface area contributed by atoms with Crippen molar-refractivity contribution in [1.29, 1.82) is 0 Å². The highest BCUT2D eigenvalue weighted by molar-refractivity contribution is 6.05. The van der Waals surface area contributed by atoms with Gasteiger partial charge in [-0.2, -0.15) is 5.10 Å². The lowest BCUT2D eigenvalue weighted by atomic mass is 10.1. The van der Waals surface area contributed by atoms with Gasteiger partial charge in [0.2, 0.25) is 0 Å². The summed E-state index contributed by atoms with van der Waals surface area (Å²) in [7, 11) is 5.13. The Morgan fingerprint density at radius 1 is 1.10 bits per heavy atom. The summed E-state index contributed by atoms with van der Waals surface area (Å²) in [6, 6.07) is 9.47. The zero-order valence-electron chi connectivity index (χ0n) is 22.9. The number of pyridine rings is 1. The molecule has 1 aliphatic rings. The number of halogens is 1. The van der Waals surface area contributed by atoms with Crippen molar-refractivity contribution in [2.45, 2.75) is 25.8 Å². The molecule has 1 amide bonds. The third kappa shape index (κ3) is 5.50. The van der Waals surface area contributed by atoms with Crippen LogP contribution in [0.3, 0.4) is 0 Å². The first-order chi connectivity index (χ1) is 19.4. The zero-order chi connectivity index (χ0) is 28.2. The van der Waals surface area contributed by atoms with Crippen molar-refractivity contribution in [3.63, 3.8) is 0 Å². The van der Waals surface area contributed by atoms with Crippen LogP contribution in [-0.2, 0) is 0 Å². The third-order valence-corrected chi connectivity index (χ3v) is 6.85. The molecule has 1 saturated heterocycles. The zero-order valence-corrected chi connectivity index (χ0v) is 22.9. The number of amides is 1. The smallest absolute Gasteiger partial charge is 0.277 e. The number of aromatic nitrogens is 3. The lowest BCUT2D eigenvalue weighted by molar-refractivity contribution is 0.0998. The quantitative estimate of drug-likeness (QED) is 0.300. The first-order valence-corrected chi connectivity index (χ1v) is 13.1. The number of methoxy groups -OCH3 is 2. The number of likely N-dealkylation sites (N-methyl/N-ethyl adjacent to an activating group) is 1. The molecular weight excluding hydrogens is 517 g/mol. The third-order valence-electron chi connectivity index (χ3n) is 6.85. The van der Waals surface area contributed by atoms with Crippen molar-refractivity contribution < 1.29 is 28.1 Å². The molecule has 1 N–H and O–H groups in total. The number of nitrogens with one attached hydrogen (secondary N) is 1. The van der Waals surface area contributed by atoms with Gasteiger partial charge in [0.15, 0.2) is 22.9 Å². The number of rotatable bonds is 9. The van der Waals surface area contributed by atoms with Crippen molar-refractivity contribution >= 4 is 22.5 Å². The largest absolute Gasteiger partial charge is 0.493 e. The summed E-state index contributed by atoms with van der Waals surface area (Å²) in [6.07, 6.45) is 5.03. The molecule has 0 radical (unpaired) electrons. The molecule has 0 bridgehead atoms. The fourth-order valence-corrected chi connectivity index (χ4v) is 4.94. The van der Waals surface area contributed by atoms with Gasteiger partial charge in [-0.3, -0.25) is 14.5 Å². The van der Waals surface area contributed by atoms with Crippen LogP contribution < -0.4 is 24.3 Å². The normalized spacial score (nSPS) is 15.6. The second-order valence-corrected chi connectivity index (χ2v) is 9.52. The van der Waals surface area contributed by atoms with Crippen molar-refractivity contribution in [3.8, 4) is 28.7 Å². The molecule has 1 aliphatic heterocycles. The molecule has 1 atom stereocenters. The van der Waals surface area contributed by atoms with E-state index in [1.54, 1.807) is 55.6 Å².